The molecule has 1 N–H and O–H groups in total. The Morgan fingerprint density at radius 2 is 2.00 bits per heavy atom. The monoisotopic (exact) mass is 285 g/mol. The normalized spacial score (nSPS) is 17.9. The Hall–Kier alpha value is -1.12. The maximum atomic E-state index is 3.76. The van der Waals surface area contributed by atoms with Crippen LogP contribution in [0.5, 0.6) is 0 Å². The smallest absolute Gasteiger partial charge is 0.0331 e. The Labute approximate surface area is 126 Å². The topological polar surface area (TPSA) is 12.0 Å². The summed E-state index contributed by atoms with van der Waals surface area (Å²) in [5.41, 5.74) is 3.04. The minimum atomic E-state index is 0.613. The highest BCUT2D eigenvalue weighted by molar-refractivity contribution is 7.10. The molecule has 1 aliphatic carbocycles. The molecule has 0 radical (unpaired) electrons. The van der Waals surface area contributed by atoms with E-state index in [4.69, 9.17) is 0 Å². The number of benzene rings is 1. The molecule has 1 aliphatic rings. The van der Waals surface area contributed by atoms with Crippen molar-refractivity contribution < 1.29 is 0 Å². The largest absolute Gasteiger partial charge is 0.310 e. The number of hydrogen-bond acceptors (Lipinski definition) is 2. The van der Waals surface area contributed by atoms with Gasteiger partial charge in [-0.25, -0.2) is 0 Å². The van der Waals surface area contributed by atoms with E-state index in [-0.39, 0.29) is 0 Å². The minimum Gasteiger partial charge on any atom is -0.310 e. The van der Waals surface area contributed by atoms with Crippen molar-refractivity contribution in [1.29, 1.82) is 0 Å². The van der Waals surface area contributed by atoms with E-state index in [1.165, 1.54) is 44.1 Å². The number of thiophene rings is 1. The average molecular weight is 285 g/mol. The molecule has 0 spiro atoms. The fraction of sp³-hybridized carbons (Fsp3) is 0.444. The molecular weight excluding hydrogens is 262 g/mol. The number of rotatable bonds is 6. The van der Waals surface area contributed by atoms with E-state index in [1.54, 1.807) is 10.4 Å². The second-order valence-electron chi connectivity index (χ2n) is 5.64. The number of nitrogens with one attached hydrogen (secondary N) is 1. The van der Waals surface area contributed by atoms with Crippen molar-refractivity contribution in [2.24, 2.45) is 0 Å². The van der Waals surface area contributed by atoms with Crippen molar-refractivity contribution in [3.8, 4) is 0 Å². The maximum Gasteiger partial charge on any atom is 0.0331 e. The van der Waals surface area contributed by atoms with Crippen LogP contribution in [0.4, 0.5) is 0 Å². The van der Waals surface area contributed by atoms with E-state index in [9.17, 15) is 0 Å². The molecule has 20 heavy (non-hydrogen) atoms. The first-order valence-corrected chi connectivity index (χ1v) is 8.65. The predicted octanol–water partition coefficient (Wildman–Crippen LogP) is 4.74. The summed E-state index contributed by atoms with van der Waals surface area (Å²) in [6, 6.07) is 13.7. The van der Waals surface area contributed by atoms with Gasteiger partial charge < -0.3 is 5.32 Å². The van der Waals surface area contributed by atoms with Gasteiger partial charge in [-0.05, 0) is 67.6 Å². The number of unbranched alkanes of at least 4 members (excludes halogenated alkanes) is 1. The van der Waals surface area contributed by atoms with E-state index in [1.807, 2.05) is 11.3 Å². The molecular formula is C18H23NS. The lowest BCUT2D eigenvalue weighted by Crippen LogP contribution is -2.25. The summed E-state index contributed by atoms with van der Waals surface area (Å²) >= 11 is 1.93. The molecule has 2 aromatic rings. The van der Waals surface area contributed by atoms with Gasteiger partial charge in [0.25, 0.3) is 0 Å². The molecule has 1 unspecified atom stereocenters. The van der Waals surface area contributed by atoms with Gasteiger partial charge in [-0.1, -0.05) is 30.3 Å². The fourth-order valence-corrected chi connectivity index (χ4v) is 4.06. The molecule has 0 saturated carbocycles. The Bertz CT molecular complexity index is 517. The van der Waals surface area contributed by atoms with Crippen LogP contribution in [0.2, 0.25) is 0 Å². The van der Waals surface area contributed by atoms with Crippen LogP contribution in [0.25, 0.3) is 0 Å². The van der Waals surface area contributed by atoms with E-state index in [0.717, 1.165) is 6.54 Å². The van der Waals surface area contributed by atoms with Crippen LogP contribution in [0, 0.1) is 0 Å². The molecule has 3 rings (SSSR count). The van der Waals surface area contributed by atoms with E-state index in [2.05, 4.69) is 47.1 Å². The van der Waals surface area contributed by atoms with Crippen molar-refractivity contribution in [3.05, 3.63) is 57.8 Å². The summed E-state index contributed by atoms with van der Waals surface area (Å²) in [5, 5.41) is 6.01. The third kappa shape index (κ3) is 3.50. The first-order chi connectivity index (χ1) is 9.93. The van der Waals surface area contributed by atoms with Crippen LogP contribution < -0.4 is 5.32 Å². The lowest BCUT2D eigenvalue weighted by Gasteiger charge is -2.23. The Kier molecular flexibility index (Phi) is 4.88. The van der Waals surface area contributed by atoms with Gasteiger partial charge in [-0.15, -0.1) is 11.3 Å². The third-order valence-electron chi connectivity index (χ3n) is 4.18. The highest BCUT2D eigenvalue weighted by atomic mass is 32.1. The van der Waals surface area contributed by atoms with Crippen molar-refractivity contribution in [2.45, 2.75) is 44.6 Å². The van der Waals surface area contributed by atoms with Crippen molar-refractivity contribution >= 4 is 11.3 Å². The second kappa shape index (κ2) is 7.05. The zero-order chi connectivity index (χ0) is 13.6. The first kappa shape index (κ1) is 13.8. The van der Waals surface area contributed by atoms with Gasteiger partial charge in [0.2, 0.25) is 0 Å². The zero-order valence-electron chi connectivity index (χ0n) is 12.0. The SMILES string of the molecule is c1ccc(CCCCNC2CCCc3sccc32)cc1. The molecule has 1 aromatic heterocycles. The summed E-state index contributed by atoms with van der Waals surface area (Å²) < 4.78 is 0. The van der Waals surface area contributed by atoms with Gasteiger partial charge in [-0.3, -0.25) is 0 Å². The molecule has 106 valence electrons. The van der Waals surface area contributed by atoms with Crippen LogP contribution in [-0.2, 0) is 12.8 Å². The zero-order valence-corrected chi connectivity index (χ0v) is 12.8. The van der Waals surface area contributed by atoms with Gasteiger partial charge in [0.05, 0.1) is 0 Å². The fourth-order valence-electron chi connectivity index (χ4n) is 3.07. The quantitative estimate of drug-likeness (QED) is 0.756. The molecule has 0 bridgehead atoms. The number of hydrogen-bond donors (Lipinski definition) is 1. The summed E-state index contributed by atoms with van der Waals surface area (Å²) in [7, 11) is 0. The van der Waals surface area contributed by atoms with E-state index < -0.39 is 0 Å². The average Bonchev–Trinajstić information content (AvgIpc) is 2.97. The van der Waals surface area contributed by atoms with Gasteiger partial charge in [0, 0.05) is 10.9 Å². The molecule has 0 fully saturated rings. The second-order valence-corrected chi connectivity index (χ2v) is 6.64. The summed E-state index contributed by atoms with van der Waals surface area (Å²) in [4.78, 5) is 1.61. The van der Waals surface area contributed by atoms with Gasteiger partial charge in [-0.2, -0.15) is 0 Å². The first-order valence-electron chi connectivity index (χ1n) is 7.77. The lowest BCUT2D eigenvalue weighted by molar-refractivity contribution is 0.456. The standard InChI is InChI=1S/C18H23NS/c1-2-7-15(8-3-1)9-4-5-13-19-17-10-6-11-18-16(17)12-14-20-18/h1-3,7-8,12,14,17,19H,4-6,9-11,13H2. The van der Waals surface area contributed by atoms with Crippen LogP contribution in [0.15, 0.2) is 41.8 Å². The molecule has 1 aromatic carbocycles. The van der Waals surface area contributed by atoms with E-state index >= 15 is 0 Å². The Balaban J connectivity index is 1.39. The Morgan fingerprint density at radius 3 is 2.90 bits per heavy atom. The van der Waals surface area contributed by atoms with Gasteiger partial charge >= 0.3 is 0 Å². The van der Waals surface area contributed by atoms with Crippen LogP contribution in [0.3, 0.4) is 0 Å². The third-order valence-corrected chi connectivity index (χ3v) is 5.17. The van der Waals surface area contributed by atoms with Crippen LogP contribution in [0.1, 0.15) is 47.7 Å². The molecule has 1 atom stereocenters. The molecule has 2 heteroatoms. The lowest BCUT2D eigenvalue weighted by atomic mass is 9.94. The molecule has 1 heterocycles. The molecule has 1 nitrogen and oxygen atoms in total. The maximum absolute atomic E-state index is 3.76. The summed E-state index contributed by atoms with van der Waals surface area (Å²) in [6.45, 7) is 1.15. The predicted molar refractivity (Wildman–Crippen MR) is 87.4 cm³/mol. The van der Waals surface area contributed by atoms with E-state index in [0.29, 0.717) is 6.04 Å². The van der Waals surface area contributed by atoms with Crippen molar-refractivity contribution in [2.75, 3.05) is 6.54 Å². The summed E-state index contributed by atoms with van der Waals surface area (Å²) in [5.74, 6) is 0. The van der Waals surface area contributed by atoms with Crippen LogP contribution >= 0.6 is 11.3 Å². The van der Waals surface area contributed by atoms with Crippen molar-refractivity contribution in [3.63, 3.8) is 0 Å². The van der Waals surface area contributed by atoms with Gasteiger partial charge in [0.1, 0.15) is 0 Å². The van der Waals surface area contributed by atoms with Crippen molar-refractivity contribution in [1.82, 2.24) is 5.32 Å². The highest BCUT2D eigenvalue weighted by Crippen LogP contribution is 2.33. The number of fused-ring (bicyclic) bond motifs is 1. The molecule has 0 aliphatic heterocycles. The minimum absolute atomic E-state index is 0.613. The highest BCUT2D eigenvalue weighted by Gasteiger charge is 2.19. The van der Waals surface area contributed by atoms with Gasteiger partial charge in [0.15, 0.2) is 0 Å². The molecule has 0 saturated heterocycles. The van der Waals surface area contributed by atoms with Crippen LogP contribution in [-0.4, -0.2) is 6.54 Å². The number of aryl methyl sites for hydroxylation is 2. The Morgan fingerprint density at radius 1 is 1.10 bits per heavy atom. The summed E-state index contributed by atoms with van der Waals surface area (Å²) in [6.07, 6.45) is 7.69. The molecule has 0 amide bonds.